The largest absolute Gasteiger partial charge is 0.491 e. The van der Waals surface area contributed by atoms with Crippen molar-refractivity contribution in [1.82, 2.24) is 9.80 Å². The second kappa shape index (κ2) is 10.9. The van der Waals surface area contributed by atoms with Gasteiger partial charge in [-0.3, -0.25) is 14.6 Å². The van der Waals surface area contributed by atoms with Gasteiger partial charge < -0.3 is 15.2 Å². The number of aliphatic hydroxyl groups excluding tert-OH is 1. The number of aryl methyl sites for hydroxylation is 2. The molecule has 0 aliphatic carbocycles. The fourth-order valence-corrected chi connectivity index (χ4v) is 3.69. The molecule has 7 nitrogen and oxygen atoms in total. The van der Waals surface area contributed by atoms with E-state index in [2.05, 4.69) is 21.2 Å². The van der Waals surface area contributed by atoms with Gasteiger partial charge >= 0.3 is 0 Å². The zero-order valence-corrected chi connectivity index (χ0v) is 18.2. The van der Waals surface area contributed by atoms with Crippen molar-refractivity contribution in [2.24, 2.45) is 0 Å². The number of β-amino-alcohol motifs (C(OH)–C–C–N with tert-alkyl or cyclic N) is 1. The fourth-order valence-electron chi connectivity index (χ4n) is 3.69. The van der Waals surface area contributed by atoms with Gasteiger partial charge in [0.2, 0.25) is 5.91 Å². The highest BCUT2D eigenvalue weighted by Gasteiger charge is 2.21. The average molecular weight is 423 g/mol. The highest BCUT2D eigenvalue weighted by atomic mass is 16.5. The molecule has 0 bridgehead atoms. The number of nitrogens with one attached hydrogen (secondary N) is 1. The molecule has 2 aromatic carbocycles. The molecule has 1 amide bonds. The van der Waals surface area contributed by atoms with E-state index >= 15 is 0 Å². The molecule has 1 unspecified atom stereocenters. The second-order valence-corrected chi connectivity index (χ2v) is 7.99. The van der Waals surface area contributed by atoms with E-state index in [1.165, 1.54) is 0 Å². The number of nitriles is 1. The quantitative estimate of drug-likeness (QED) is 0.678. The molecule has 1 fully saturated rings. The Balaban J connectivity index is 1.37. The summed E-state index contributed by atoms with van der Waals surface area (Å²) in [6, 6.07) is 14.9. The first-order chi connectivity index (χ1) is 14.9. The highest BCUT2D eigenvalue weighted by molar-refractivity contribution is 5.93. The zero-order chi connectivity index (χ0) is 22.2. The molecule has 1 aliphatic rings. The van der Waals surface area contributed by atoms with Crippen LogP contribution in [-0.4, -0.2) is 72.8 Å². The number of nitrogens with zero attached hydrogens (tertiary/aromatic N) is 3. The van der Waals surface area contributed by atoms with Gasteiger partial charge in [0, 0.05) is 38.4 Å². The summed E-state index contributed by atoms with van der Waals surface area (Å²) in [7, 11) is 0. The molecule has 31 heavy (non-hydrogen) atoms. The Morgan fingerprint density at radius 2 is 1.71 bits per heavy atom. The minimum Gasteiger partial charge on any atom is -0.491 e. The van der Waals surface area contributed by atoms with Crippen molar-refractivity contribution in [2.75, 3.05) is 51.2 Å². The normalized spacial score (nSPS) is 15.8. The number of hydrogen-bond acceptors (Lipinski definition) is 6. The van der Waals surface area contributed by atoms with E-state index in [9.17, 15) is 9.90 Å². The van der Waals surface area contributed by atoms with E-state index in [4.69, 9.17) is 10.00 Å². The molecule has 1 aliphatic heterocycles. The van der Waals surface area contributed by atoms with E-state index < -0.39 is 6.10 Å². The van der Waals surface area contributed by atoms with Crippen molar-refractivity contribution >= 4 is 11.6 Å². The Morgan fingerprint density at radius 1 is 1.10 bits per heavy atom. The number of carbonyl (C=O) groups is 1. The topological polar surface area (TPSA) is 88.8 Å². The van der Waals surface area contributed by atoms with Crippen molar-refractivity contribution in [3.8, 4) is 11.8 Å². The molecule has 3 rings (SSSR count). The number of amides is 1. The molecule has 164 valence electrons. The Labute approximate surface area is 183 Å². The van der Waals surface area contributed by atoms with E-state index in [1.807, 2.05) is 32.0 Å². The van der Waals surface area contributed by atoms with E-state index in [0.717, 1.165) is 43.0 Å². The Bertz CT molecular complexity index is 895. The summed E-state index contributed by atoms with van der Waals surface area (Å²) in [4.78, 5) is 16.8. The Morgan fingerprint density at radius 3 is 2.32 bits per heavy atom. The van der Waals surface area contributed by atoms with Crippen molar-refractivity contribution in [3.05, 3.63) is 59.2 Å². The second-order valence-electron chi connectivity index (χ2n) is 7.99. The fraction of sp³-hybridized carbons (Fsp3) is 0.417. The first kappa shape index (κ1) is 22.8. The van der Waals surface area contributed by atoms with Crippen LogP contribution in [0.1, 0.15) is 16.7 Å². The highest BCUT2D eigenvalue weighted by Crippen LogP contribution is 2.19. The third-order valence-corrected chi connectivity index (χ3v) is 5.47. The lowest BCUT2D eigenvalue weighted by Gasteiger charge is -2.35. The van der Waals surface area contributed by atoms with Gasteiger partial charge in [-0.1, -0.05) is 18.2 Å². The van der Waals surface area contributed by atoms with Gasteiger partial charge in [0.15, 0.2) is 0 Å². The van der Waals surface area contributed by atoms with Crippen LogP contribution in [0.25, 0.3) is 0 Å². The van der Waals surface area contributed by atoms with Gasteiger partial charge in [0.05, 0.1) is 18.2 Å². The van der Waals surface area contributed by atoms with Crippen LogP contribution in [-0.2, 0) is 4.79 Å². The van der Waals surface area contributed by atoms with Crippen molar-refractivity contribution in [2.45, 2.75) is 20.0 Å². The molecule has 0 aromatic heterocycles. The standard InChI is InChI=1S/C24H30N4O3/c1-18-4-3-5-19(2)24(18)26-23(30)16-28-12-10-27(11-13-28)15-21(29)17-31-22-8-6-20(14-25)7-9-22/h3-9,21,29H,10-13,15-17H2,1-2H3,(H,26,30). The number of rotatable bonds is 8. The van der Waals surface area contributed by atoms with Crippen LogP contribution in [0, 0.1) is 25.2 Å². The number of anilines is 1. The SMILES string of the molecule is Cc1cccc(C)c1NC(=O)CN1CCN(CC(O)COc2ccc(C#N)cc2)CC1. The average Bonchev–Trinajstić information content (AvgIpc) is 2.77. The van der Waals surface area contributed by atoms with Crippen LogP contribution < -0.4 is 10.1 Å². The van der Waals surface area contributed by atoms with Crippen LogP contribution in [0.5, 0.6) is 5.75 Å². The predicted octanol–water partition coefficient (Wildman–Crippen LogP) is 2.17. The van der Waals surface area contributed by atoms with Crippen LogP contribution in [0.15, 0.2) is 42.5 Å². The number of hydrogen-bond donors (Lipinski definition) is 2. The van der Waals surface area contributed by atoms with E-state index in [0.29, 0.717) is 24.4 Å². The van der Waals surface area contributed by atoms with E-state index in [1.54, 1.807) is 24.3 Å². The molecule has 0 saturated carbocycles. The van der Waals surface area contributed by atoms with Crippen molar-refractivity contribution in [3.63, 3.8) is 0 Å². The summed E-state index contributed by atoms with van der Waals surface area (Å²) in [5.74, 6) is 0.638. The summed E-state index contributed by atoms with van der Waals surface area (Å²) in [6.07, 6.45) is -0.602. The molecule has 1 saturated heterocycles. The van der Waals surface area contributed by atoms with Crippen molar-refractivity contribution < 1.29 is 14.6 Å². The number of ether oxygens (including phenoxy) is 1. The molecule has 7 heteroatoms. The summed E-state index contributed by atoms with van der Waals surface area (Å²) in [6.45, 7) is 8.24. The third-order valence-electron chi connectivity index (χ3n) is 5.47. The van der Waals surface area contributed by atoms with Gasteiger partial charge in [-0.2, -0.15) is 5.26 Å². The molecule has 2 aromatic rings. The molecule has 1 heterocycles. The zero-order valence-electron chi connectivity index (χ0n) is 18.2. The summed E-state index contributed by atoms with van der Waals surface area (Å²) >= 11 is 0. The van der Waals surface area contributed by atoms with Crippen LogP contribution in [0.3, 0.4) is 0 Å². The summed E-state index contributed by atoms with van der Waals surface area (Å²) < 4.78 is 5.61. The van der Waals surface area contributed by atoms with Gasteiger partial charge in [-0.15, -0.1) is 0 Å². The first-order valence-electron chi connectivity index (χ1n) is 10.6. The maximum absolute atomic E-state index is 12.5. The molecule has 0 spiro atoms. The minimum absolute atomic E-state index is 0.00158. The van der Waals surface area contributed by atoms with Crippen LogP contribution in [0.4, 0.5) is 5.69 Å². The van der Waals surface area contributed by atoms with Gasteiger partial charge in [-0.25, -0.2) is 0 Å². The monoisotopic (exact) mass is 422 g/mol. The molecular weight excluding hydrogens is 392 g/mol. The lowest BCUT2D eigenvalue weighted by Crippen LogP contribution is -2.50. The molecule has 2 N–H and O–H groups in total. The smallest absolute Gasteiger partial charge is 0.238 e. The first-order valence-corrected chi connectivity index (χ1v) is 10.6. The number of aliphatic hydroxyl groups is 1. The lowest BCUT2D eigenvalue weighted by molar-refractivity contribution is -0.117. The lowest BCUT2D eigenvalue weighted by atomic mass is 10.1. The maximum Gasteiger partial charge on any atom is 0.238 e. The maximum atomic E-state index is 12.5. The van der Waals surface area contributed by atoms with Gasteiger partial charge in [-0.05, 0) is 49.2 Å². The minimum atomic E-state index is -0.602. The Kier molecular flexibility index (Phi) is 8.01. The summed E-state index contributed by atoms with van der Waals surface area (Å²) in [5.41, 5.74) is 3.61. The van der Waals surface area contributed by atoms with Gasteiger partial charge in [0.1, 0.15) is 18.5 Å². The Hall–Kier alpha value is -2.92. The molecule has 1 atom stereocenters. The van der Waals surface area contributed by atoms with Crippen LogP contribution in [0.2, 0.25) is 0 Å². The molecule has 0 radical (unpaired) electrons. The predicted molar refractivity (Wildman–Crippen MR) is 120 cm³/mol. The third kappa shape index (κ3) is 6.79. The van der Waals surface area contributed by atoms with Crippen molar-refractivity contribution in [1.29, 1.82) is 5.26 Å². The number of benzene rings is 2. The summed E-state index contributed by atoms with van der Waals surface area (Å²) in [5, 5.41) is 22.2. The van der Waals surface area contributed by atoms with Gasteiger partial charge in [0.25, 0.3) is 0 Å². The number of carbonyl (C=O) groups excluding carboxylic acids is 1. The number of piperazine rings is 1. The number of para-hydroxylation sites is 1. The van der Waals surface area contributed by atoms with E-state index in [-0.39, 0.29) is 12.5 Å². The van der Waals surface area contributed by atoms with Crippen LogP contribution >= 0.6 is 0 Å². The molecular formula is C24H30N4O3.